The lowest BCUT2D eigenvalue weighted by Gasteiger charge is -2.05. The van der Waals surface area contributed by atoms with E-state index in [2.05, 4.69) is 4.74 Å². The van der Waals surface area contributed by atoms with Crippen molar-refractivity contribution in [3.05, 3.63) is 0 Å². The first-order chi connectivity index (χ1) is 4.95. The molecule has 2 N–H and O–H groups in total. The molecule has 0 aliphatic rings. The summed E-state index contributed by atoms with van der Waals surface area (Å²) in [4.78, 5) is 10.3. The average Bonchev–Trinajstić information content (AvgIpc) is 1.85. The maximum absolute atomic E-state index is 11.3. The minimum atomic E-state index is -4.38. The van der Waals surface area contributed by atoms with Gasteiger partial charge in [-0.25, -0.2) is 0 Å². The first-order valence-corrected chi connectivity index (χ1v) is 2.82. The Kier molecular flexibility index (Phi) is 4.06. The molecule has 3 nitrogen and oxygen atoms in total. The monoisotopic (exact) mass is 171 g/mol. The van der Waals surface area contributed by atoms with Crippen LogP contribution >= 0.6 is 0 Å². The summed E-state index contributed by atoms with van der Waals surface area (Å²) in [6.07, 6.45) is -4.38. The van der Waals surface area contributed by atoms with E-state index in [-0.39, 0.29) is 6.54 Å². The predicted molar refractivity (Wildman–Crippen MR) is 30.9 cm³/mol. The smallest absolute Gasteiger partial charge is 0.364 e. The van der Waals surface area contributed by atoms with E-state index in [4.69, 9.17) is 5.73 Å². The van der Waals surface area contributed by atoms with Crippen LogP contribution < -0.4 is 5.73 Å². The van der Waals surface area contributed by atoms with Crippen molar-refractivity contribution in [2.75, 3.05) is 19.8 Å². The molecule has 0 fully saturated rings. The average molecular weight is 171 g/mol. The quantitative estimate of drug-likeness (QED) is 0.652. The molecule has 0 spiro atoms. The van der Waals surface area contributed by atoms with Gasteiger partial charge in [-0.05, 0) is 0 Å². The van der Waals surface area contributed by atoms with Crippen LogP contribution in [0.25, 0.3) is 0 Å². The molecule has 0 rings (SSSR count). The molecule has 0 bridgehead atoms. The summed E-state index contributed by atoms with van der Waals surface area (Å²) in [5, 5.41) is 0. The third kappa shape index (κ3) is 7.27. The van der Waals surface area contributed by atoms with Gasteiger partial charge in [-0.2, -0.15) is 13.2 Å². The van der Waals surface area contributed by atoms with Crippen LogP contribution in [0.15, 0.2) is 0 Å². The van der Waals surface area contributed by atoms with Crippen LogP contribution in [0.3, 0.4) is 0 Å². The van der Waals surface area contributed by atoms with E-state index in [1.165, 1.54) is 0 Å². The van der Waals surface area contributed by atoms with Crippen molar-refractivity contribution >= 4 is 5.78 Å². The van der Waals surface area contributed by atoms with E-state index in [0.717, 1.165) is 0 Å². The lowest BCUT2D eigenvalue weighted by Crippen LogP contribution is -2.24. The summed E-state index contributed by atoms with van der Waals surface area (Å²) >= 11 is 0. The summed E-state index contributed by atoms with van der Waals surface area (Å²) in [6.45, 7) is -2.27. The van der Waals surface area contributed by atoms with Crippen molar-refractivity contribution in [1.29, 1.82) is 0 Å². The lowest BCUT2D eigenvalue weighted by molar-refractivity contribution is -0.175. The molecule has 66 valence electrons. The Morgan fingerprint density at radius 3 is 2.36 bits per heavy atom. The molecular weight excluding hydrogens is 163 g/mol. The number of ketones is 1. The van der Waals surface area contributed by atoms with Crippen LogP contribution in [0.4, 0.5) is 13.2 Å². The Morgan fingerprint density at radius 2 is 2.00 bits per heavy atom. The number of carbonyl (C=O) groups is 1. The lowest BCUT2D eigenvalue weighted by atomic mass is 10.4. The Labute approximate surface area is 61.3 Å². The standard InChI is InChI=1S/C5H8F3NO2/c6-5(7,8)3-11-2-4(10)1-9/h1-3,9H2. The molecule has 0 aromatic heterocycles. The van der Waals surface area contributed by atoms with Crippen molar-refractivity contribution in [2.24, 2.45) is 5.73 Å². The SMILES string of the molecule is NCC(=O)COCC(F)(F)F. The number of rotatable bonds is 4. The van der Waals surface area contributed by atoms with Gasteiger partial charge in [0.25, 0.3) is 0 Å². The Morgan fingerprint density at radius 1 is 1.45 bits per heavy atom. The Balaban J connectivity index is 3.35. The maximum atomic E-state index is 11.3. The van der Waals surface area contributed by atoms with Crippen LogP contribution in [0.2, 0.25) is 0 Å². The first kappa shape index (κ1) is 10.4. The zero-order valence-corrected chi connectivity index (χ0v) is 5.65. The van der Waals surface area contributed by atoms with E-state index in [9.17, 15) is 18.0 Å². The third-order valence-corrected chi connectivity index (χ3v) is 0.756. The third-order valence-electron chi connectivity index (χ3n) is 0.756. The molecule has 0 aromatic carbocycles. The predicted octanol–water partition coefficient (Wildman–Crippen LogP) is 0.0931. The summed E-state index contributed by atoms with van der Waals surface area (Å²) in [5.41, 5.74) is 4.81. The van der Waals surface area contributed by atoms with Crippen molar-refractivity contribution in [3.8, 4) is 0 Å². The Hall–Kier alpha value is -0.620. The zero-order chi connectivity index (χ0) is 8.91. The van der Waals surface area contributed by atoms with Gasteiger partial charge in [0.2, 0.25) is 0 Å². The topological polar surface area (TPSA) is 52.3 Å². The molecule has 0 atom stereocenters. The molecule has 11 heavy (non-hydrogen) atoms. The largest absolute Gasteiger partial charge is 0.411 e. The minimum absolute atomic E-state index is 0.294. The van der Waals surface area contributed by atoms with Gasteiger partial charge in [0.05, 0.1) is 6.54 Å². The molecule has 0 saturated heterocycles. The summed E-state index contributed by atoms with van der Waals surface area (Å²) in [7, 11) is 0. The van der Waals surface area contributed by atoms with E-state index in [1.807, 2.05) is 0 Å². The van der Waals surface area contributed by atoms with Gasteiger partial charge in [0, 0.05) is 0 Å². The first-order valence-electron chi connectivity index (χ1n) is 2.82. The molecule has 0 unspecified atom stereocenters. The number of ether oxygens (including phenoxy) is 1. The molecule has 0 heterocycles. The number of alkyl halides is 3. The highest BCUT2D eigenvalue weighted by Crippen LogP contribution is 2.13. The van der Waals surface area contributed by atoms with Crippen LogP contribution in [0.1, 0.15) is 0 Å². The number of hydrogen-bond donors (Lipinski definition) is 1. The van der Waals surface area contributed by atoms with E-state index >= 15 is 0 Å². The fraction of sp³-hybridized carbons (Fsp3) is 0.800. The van der Waals surface area contributed by atoms with Crippen molar-refractivity contribution in [3.63, 3.8) is 0 Å². The summed E-state index contributed by atoms with van der Waals surface area (Å²) in [6, 6.07) is 0. The van der Waals surface area contributed by atoms with E-state index < -0.39 is 25.2 Å². The van der Waals surface area contributed by atoms with E-state index in [1.54, 1.807) is 0 Å². The second-order valence-electron chi connectivity index (χ2n) is 1.85. The van der Waals surface area contributed by atoms with Gasteiger partial charge >= 0.3 is 6.18 Å². The molecule has 6 heteroatoms. The Bertz CT molecular complexity index is 134. The highest BCUT2D eigenvalue weighted by atomic mass is 19.4. The zero-order valence-electron chi connectivity index (χ0n) is 5.65. The summed E-state index contributed by atoms with van der Waals surface area (Å²) in [5.74, 6) is -0.547. The fourth-order valence-electron chi connectivity index (χ4n) is 0.340. The van der Waals surface area contributed by atoms with Gasteiger partial charge < -0.3 is 10.5 Å². The maximum Gasteiger partial charge on any atom is 0.411 e. The minimum Gasteiger partial charge on any atom is -0.364 e. The number of halogens is 3. The van der Waals surface area contributed by atoms with Crippen molar-refractivity contribution in [2.45, 2.75) is 6.18 Å². The van der Waals surface area contributed by atoms with Gasteiger partial charge in [0.15, 0.2) is 5.78 Å². The van der Waals surface area contributed by atoms with E-state index in [0.29, 0.717) is 0 Å². The number of nitrogens with two attached hydrogens (primary N) is 1. The van der Waals surface area contributed by atoms with Crippen molar-refractivity contribution in [1.82, 2.24) is 0 Å². The number of hydrogen-bond acceptors (Lipinski definition) is 3. The van der Waals surface area contributed by atoms with Gasteiger partial charge in [-0.3, -0.25) is 4.79 Å². The van der Waals surface area contributed by atoms with Crippen LogP contribution in [-0.2, 0) is 9.53 Å². The van der Waals surface area contributed by atoms with Gasteiger partial charge in [0.1, 0.15) is 13.2 Å². The number of carbonyl (C=O) groups excluding carboxylic acids is 1. The highest BCUT2D eigenvalue weighted by Gasteiger charge is 2.27. The fourth-order valence-corrected chi connectivity index (χ4v) is 0.340. The van der Waals surface area contributed by atoms with Gasteiger partial charge in [-0.1, -0.05) is 0 Å². The normalized spacial score (nSPS) is 11.6. The van der Waals surface area contributed by atoms with Crippen molar-refractivity contribution < 1.29 is 22.7 Å². The summed E-state index contributed by atoms with van der Waals surface area (Å²) < 4.78 is 38.0. The van der Waals surface area contributed by atoms with Crippen LogP contribution in [-0.4, -0.2) is 31.7 Å². The molecule has 0 aromatic rings. The molecule has 0 saturated carbocycles. The second kappa shape index (κ2) is 4.30. The molecule has 0 radical (unpaired) electrons. The molecule has 0 amide bonds. The molecule has 0 aliphatic heterocycles. The second-order valence-corrected chi connectivity index (χ2v) is 1.85. The number of Topliss-reactive ketones (excluding diaryl/α,β-unsaturated/α-hetero) is 1. The molecular formula is C5H8F3NO2. The van der Waals surface area contributed by atoms with Gasteiger partial charge in [-0.15, -0.1) is 0 Å². The molecule has 0 aliphatic carbocycles. The van der Waals surface area contributed by atoms with Crippen LogP contribution in [0, 0.1) is 0 Å². The van der Waals surface area contributed by atoms with Crippen LogP contribution in [0.5, 0.6) is 0 Å². The highest BCUT2D eigenvalue weighted by molar-refractivity contribution is 5.81.